The number of rotatable bonds is 5. The van der Waals surface area contributed by atoms with E-state index in [0.717, 1.165) is 16.2 Å². The number of nitrogens with zero attached hydrogens (tertiary/aromatic N) is 1. The second-order valence-electron chi connectivity index (χ2n) is 6.28. The van der Waals surface area contributed by atoms with Crippen LogP contribution in [-0.2, 0) is 0 Å². The van der Waals surface area contributed by atoms with Gasteiger partial charge in [0.25, 0.3) is 0 Å². The Morgan fingerprint density at radius 1 is 1.21 bits per heavy atom. The molecule has 29 heavy (non-hydrogen) atoms. The molecular weight excluding hydrogens is 436 g/mol. The van der Waals surface area contributed by atoms with Crippen LogP contribution in [-0.4, -0.2) is 23.8 Å². The van der Waals surface area contributed by atoms with E-state index in [2.05, 4.69) is 26.5 Å². The van der Waals surface area contributed by atoms with Crippen LogP contribution in [0.3, 0.4) is 0 Å². The molecule has 0 fully saturated rings. The topological polar surface area (TPSA) is 84.1 Å². The summed E-state index contributed by atoms with van der Waals surface area (Å²) in [6.07, 6.45) is 1.46. The lowest BCUT2D eigenvalue weighted by Gasteiger charge is -2.08. The van der Waals surface area contributed by atoms with Gasteiger partial charge in [-0.2, -0.15) is 5.10 Å². The third kappa shape index (κ3) is 3.82. The Kier molecular flexibility index (Phi) is 5.22. The van der Waals surface area contributed by atoms with Gasteiger partial charge in [-0.3, -0.25) is 4.79 Å². The van der Waals surface area contributed by atoms with E-state index in [1.807, 2.05) is 43.3 Å². The minimum absolute atomic E-state index is 0.0226. The number of hydrogen-bond donors (Lipinski definition) is 2. The number of carbonyl (C=O) groups is 1. The molecule has 0 atom stereocenters. The monoisotopic (exact) mass is 452 g/mol. The summed E-state index contributed by atoms with van der Waals surface area (Å²) in [6.45, 7) is 2.25. The Bertz CT molecular complexity index is 1250. The molecule has 0 unspecified atom stereocenters. The molecule has 1 aromatic heterocycles. The van der Waals surface area contributed by atoms with Crippen LogP contribution in [0, 0.1) is 0 Å². The fourth-order valence-corrected chi connectivity index (χ4v) is 3.48. The summed E-state index contributed by atoms with van der Waals surface area (Å²) in [6, 6.07) is 16.6. The van der Waals surface area contributed by atoms with E-state index in [-0.39, 0.29) is 11.5 Å². The zero-order valence-corrected chi connectivity index (χ0v) is 17.1. The summed E-state index contributed by atoms with van der Waals surface area (Å²) in [4.78, 5) is 12.5. The van der Waals surface area contributed by atoms with E-state index in [1.165, 1.54) is 12.3 Å². The number of halogens is 1. The van der Waals surface area contributed by atoms with Crippen molar-refractivity contribution in [3.8, 4) is 11.5 Å². The van der Waals surface area contributed by atoms with Crippen molar-refractivity contribution in [1.82, 2.24) is 5.43 Å². The fraction of sp³-hybridized carbons (Fsp3) is 0.0909. The first kappa shape index (κ1) is 19.0. The summed E-state index contributed by atoms with van der Waals surface area (Å²) >= 11 is 3.35. The van der Waals surface area contributed by atoms with Crippen LogP contribution in [0.2, 0.25) is 0 Å². The molecule has 146 valence electrons. The number of ether oxygens (including phenoxy) is 1. The highest BCUT2D eigenvalue weighted by molar-refractivity contribution is 9.10. The number of benzene rings is 3. The van der Waals surface area contributed by atoms with E-state index < -0.39 is 5.91 Å². The van der Waals surface area contributed by atoms with Gasteiger partial charge in [-0.1, -0.05) is 30.3 Å². The smallest absolute Gasteiger partial charge is 0.307 e. The van der Waals surface area contributed by atoms with Crippen molar-refractivity contribution in [1.29, 1.82) is 0 Å². The molecule has 0 saturated heterocycles. The molecule has 0 radical (unpaired) electrons. The van der Waals surface area contributed by atoms with Gasteiger partial charge in [0.15, 0.2) is 17.3 Å². The molecule has 1 heterocycles. The van der Waals surface area contributed by atoms with E-state index in [9.17, 15) is 9.90 Å². The summed E-state index contributed by atoms with van der Waals surface area (Å²) < 4.78 is 11.7. The molecule has 6 nitrogen and oxygen atoms in total. The first-order valence-electron chi connectivity index (χ1n) is 8.97. The van der Waals surface area contributed by atoms with Crippen molar-refractivity contribution >= 4 is 49.8 Å². The predicted octanol–water partition coefficient (Wildman–Crippen LogP) is 5.22. The number of furan rings is 1. The molecular formula is C22H17BrN2O4. The number of phenolic OH excluding ortho intramolecular Hbond substituents is 1. The SMILES string of the molecule is CCOc1cc(C=NNC(=O)c2cc3c(ccc4ccccc43)o2)c(Br)cc1O. The van der Waals surface area contributed by atoms with Gasteiger partial charge in [-0.25, -0.2) is 5.43 Å². The molecule has 4 rings (SSSR count). The lowest BCUT2D eigenvalue weighted by molar-refractivity contribution is 0.0929. The van der Waals surface area contributed by atoms with Crippen LogP contribution in [0.15, 0.2) is 68.6 Å². The number of fused-ring (bicyclic) bond motifs is 3. The van der Waals surface area contributed by atoms with Gasteiger partial charge in [0.2, 0.25) is 0 Å². The Hall–Kier alpha value is -3.32. The molecule has 0 aliphatic carbocycles. The number of nitrogens with one attached hydrogen (secondary N) is 1. The van der Waals surface area contributed by atoms with Crippen molar-refractivity contribution < 1.29 is 19.1 Å². The largest absolute Gasteiger partial charge is 0.504 e. The third-order valence-corrected chi connectivity index (χ3v) is 5.08. The Balaban J connectivity index is 1.56. The van der Waals surface area contributed by atoms with Crippen molar-refractivity contribution in [2.45, 2.75) is 6.92 Å². The first-order valence-corrected chi connectivity index (χ1v) is 9.76. The molecule has 0 aliphatic rings. The number of hydrazone groups is 1. The van der Waals surface area contributed by atoms with E-state index in [0.29, 0.717) is 28.0 Å². The molecule has 4 aromatic rings. The van der Waals surface area contributed by atoms with Gasteiger partial charge in [-0.15, -0.1) is 0 Å². The van der Waals surface area contributed by atoms with Crippen LogP contribution < -0.4 is 10.2 Å². The average molecular weight is 453 g/mol. The van der Waals surface area contributed by atoms with E-state index in [1.54, 1.807) is 12.1 Å². The summed E-state index contributed by atoms with van der Waals surface area (Å²) in [5, 5.41) is 16.8. The number of aromatic hydroxyl groups is 1. The Morgan fingerprint density at radius 2 is 2.03 bits per heavy atom. The molecule has 1 amide bonds. The minimum atomic E-state index is -0.457. The number of hydrogen-bond acceptors (Lipinski definition) is 5. The zero-order chi connectivity index (χ0) is 20.4. The first-order chi connectivity index (χ1) is 14.1. The summed E-state index contributed by atoms with van der Waals surface area (Å²) in [5.41, 5.74) is 3.74. The molecule has 0 aliphatic heterocycles. The third-order valence-electron chi connectivity index (χ3n) is 4.40. The Labute approximate surface area is 174 Å². The van der Waals surface area contributed by atoms with Gasteiger partial charge in [0.1, 0.15) is 5.58 Å². The number of phenols is 1. The molecule has 0 saturated carbocycles. The standard InChI is InChI=1S/C22H17BrN2O4/c1-2-28-20-9-14(17(23)11-18(20)26)12-24-25-22(27)21-10-16-15-6-4-3-5-13(15)7-8-19(16)29-21/h3-12,26H,2H2,1H3,(H,25,27). The maximum Gasteiger partial charge on any atom is 0.307 e. The highest BCUT2D eigenvalue weighted by atomic mass is 79.9. The molecule has 3 aromatic carbocycles. The highest BCUT2D eigenvalue weighted by Gasteiger charge is 2.13. The zero-order valence-electron chi connectivity index (χ0n) is 15.5. The second kappa shape index (κ2) is 7.97. The average Bonchev–Trinajstić information content (AvgIpc) is 3.16. The van der Waals surface area contributed by atoms with Crippen LogP contribution in [0.5, 0.6) is 11.5 Å². The van der Waals surface area contributed by atoms with Crippen LogP contribution in [0.25, 0.3) is 21.7 Å². The van der Waals surface area contributed by atoms with Crippen LogP contribution in [0.1, 0.15) is 23.0 Å². The van der Waals surface area contributed by atoms with Crippen molar-refractivity contribution in [3.63, 3.8) is 0 Å². The molecule has 7 heteroatoms. The fourth-order valence-electron chi connectivity index (χ4n) is 3.05. The number of carbonyl (C=O) groups excluding carboxylic acids is 1. The number of amides is 1. The minimum Gasteiger partial charge on any atom is -0.504 e. The van der Waals surface area contributed by atoms with Crippen molar-refractivity contribution in [3.05, 3.63) is 70.4 Å². The lowest BCUT2D eigenvalue weighted by Crippen LogP contribution is -2.16. The van der Waals surface area contributed by atoms with Gasteiger partial charge in [0, 0.05) is 15.4 Å². The highest BCUT2D eigenvalue weighted by Crippen LogP contribution is 2.32. The summed E-state index contributed by atoms with van der Waals surface area (Å²) in [5.74, 6) is 0.0804. The molecule has 0 spiro atoms. The summed E-state index contributed by atoms with van der Waals surface area (Å²) in [7, 11) is 0. The Morgan fingerprint density at radius 3 is 2.86 bits per heavy atom. The van der Waals surface area contributed by atoms with Crippen molar-refractivity contribution in [2.75, 3.05) is 6.61 Å². The van der Waals surface area contributed by atoms with E-state index >= 15 is 0 Å². The maximum atomic E-state index is 12.5. The van der Waals surface area contributed by atoms with E-state index in [4.69, 9.17) is 9.15 Å². The van der Waals surface area contributed by atoms with Crippen LogP contribution in [0.4, 0.5) is 0 Å². The van der Waals surface area contributed by atoms with Crippen molar-refractivity contribution in [2.24, 2.45) is 5.10 Å². The lowest BCUT2D eigenvalue weighted by atomic mass is 10.1. The maximum absolute atomic E-state index is 12.5. The second-order valence-corrected chi connectivity index (χ2v) is 7.14. The van der Waals surface area contributed by atoms with Gasteiger partial charge in [0.05, 0.1) is 12.8 Å². The molecule has 0 bridgehead atoms. The molecule has 2 N–H and O–H groups in total. The van der Waals surface area contributed by atoms with Crippen LogP contribution >= 0.6 is 15.9 Å². The normalized spacial score (nSPS) is 11.4. The predicted molar refractivity (Wildman–Crippen MR) is 116 cm³/mol. The van der Waals surface area contributed by atoms with Gasteiger partial charge in [-0.05, 0) is 57.9 Å². The van der Waals surface area contributed by atoms with Gasteiger partial charge < -0.3 is 14.3 Å². The quantitative estimate of drug-likeness (QED) is 0.321. The van der Waals surface area contributed by atoms with Gasteiger partial charge >= 0.3 is 5.91 Å².